The SMILES string of the molecule is CCCc1cc(CNC)cc(Oc2cnn(C)c2)n1. The zero-order valence-corrected chi connectivity index (χ0v) is 11.7. The minimum atomic E-state index is 0.629. The van der Waals surface area contributed by atoms with Crippen LogP contribution in [0, 0.1) is 0 Å². The quantitative estimate of drug-likeness (QED) is 0.865. The Morgan fingerprint density at radius 2 is 2.21 bits per heavy atom. The summed E-state index contributed by atoms with van der Waals surface area (Å²) < 4.78 is 7.46. The molecule has 0 bridgehead atoms. The molecule has 0 aliphatic heterocycles. The Morgan fingerprint density at radius 3 is 2.84 bits per heavy atom. The Balaban J connectivity index is 2.22. The molecule has 0 aliphatic carbocycles. The summed E-state index contributed by atoms with van der Waals surface area (Å²) in [6.07, 6.45) is 5.54. The maximum atomic E-state index is 5.75. The molecule has 2 aromatic rings. The van der Waals surface area contributed by atoms with Crippen molar-refractivity contribution in [2.24, 2.45) is 7.05 Å². The van der Waals surface area contributed by atoms with Crippen molar-refractivity contribution < 1.29 is 4.74 Å². The lowest BCUT2D eigenvalue weighted by Crippen LogP contribution is -2.06. The van der Waals surface area contributed by atoms with E-state index in [1.807, 2.05) is 26.4 Å². The van der Waals surface area contributed by atoms with Gasteiger partial charge in [0, 0.05) is 25.4 Å². The fraction of sp³-hybridized carbons (Fsp3) is 0.429. The number of rotatable bonds is 6. The monoisotopic (exact) mass is 260 g/mol. The van der Waals surface area contributed by atoms with Crippen molar-refractivity contribution in [3.8, 4) is 11.6 Å². The Labute approximate surface area is 113 Å². The van der Waals surface area contributed by atoms with Gasteiger partial charge in [-0.05, 0) is 25.1 Å². The lowest BCUT2D eigenvalue weighted by atomic mass is 10.1. The first-order chi connectivity index (χ1) is 9.21. The number of hydrogen-bond donors (Lipinski definition) is 1. The van der Waals surface area contributed by atoms with Crippen molar-refractivity contribution in [1.82, 2.24) is 20.1 Å². The average molecular weight is 260 g/mol. The van der Waals surface area contributed by atoms with Crippen LogP contribution >= 0.6 is 0 Å². The van der Waals surface area contributed by atoms with Crippen molar-refractivity contribution >= 4 is 0 Å². The first-order valence-corrected chi connectivity index (χ1v) is 6.52. The second-order valence-corrected chi connectivity index (χ2v) is 4.54. The van der Waals surface area contributed by atoms with Gasteiger partial charge < -0.3 is 10.1 Å². The van der Waals surface area contributed by atoms with Crippen molar-refractivity contribution in [3.05, 3.63) is 35.8 Å². The van der Waals surface area contributed by atoms with Crippen LogP contribution < -0.4 is 10.1 Å². The standard InChI is InChI=1S/C14H20N4O/c1-4-5-12-6-11(8-15-2)7-14(17-12)19-13-9-16-18(3)10-13/h6-7,9-10,15H,4-5,8H2,1-3H3. The third-order valence-electron chi connectivity index (χ3n) is 2.71. The molecule has 2 rings (SSSR count). The van der Waals surface area contributed by atoms with Gasteiger partial charge >= 0.3 is 0 Å². The highest BCUT2D eigenvalue weighted by Gasteiger charge is 2.06. The Kier molecular flexibility index (Phi) is 4.52. The van der Waals surface area contributed by atoms with E-state index in [0.717, 1.165) is 25.1 Å². The van der Waals surface area contributed by atoms with Crippen LogP contribution in [-0.2, 0) is 20.0 Å². The highest BCUT2D eigenvalue weighted by atomic mass is 16.5. The van der Waals surface area contributed by atoms with Gasteiger partial charge in [-0.25, -0.2) is 4.98 Å². The fourth-order valence-electron chi connectivity index (χ4n) is 1.94. The number of aryl methyl sites for hydroxylation is 2. The van der Waals surface area contributed by atoms with E-state index in [4.69, 9.17) is 4.74 Å². The first-order valence-electron chi connectivity index (χ1n) is 6.52. The molecule has 0 amide bonds. The molecule has 0 aliphatic rings. The third kappa shape index (κ3) is 3.79. The van der Waals surface area contributed by atoms with Gasteiger partial charge in [-0.2, -0.15) is 5.10 Å². The van der Waals surface area contributed by atoms with Crippen LogP contribution in [0.15, 0.2) is 24.5 Å². The normalized spacial score (nSPS) is 10.7. The maximum Gasteiger partial charge on any atom is 0.219 e. The van der Waals surface area contributed by atoms with E-state index in [9.17, 15) is 0 Å². The Morgan fingerprint density at radius 1 is 1.37 bits per heavy atom. The smallest absolute Gasteiger partial charge is 0.219 e. The van der Waals surface area contributed by atoms with E-state index >= 15 is 0 Å². The van der Waals surface area contributed by atoms with Crippen LogP contribution in [0.4, 0.5) is 0 Å². The van der Waals surface area contributed by atoms with Gasteiger partial charge in [0.15, 0.2) is 5.75 Å². The molecular formula is C14H20N4O. The highest BCUT2D eigenvalue weighted by Crippen LogP contribution is 2.21. The molecule has 102 valence electrons. The topological polar surface area (TPSA) is 52.0 Å². The molecule has 19 heavy (non-hydrogen) atoms. The largest absolute Gasteiger partial charge is 0.436 e. The molecule has 0 fully saturated rings. The lowest BCUT2D eigenvalue weighted by molar-refractivity contribution is 0.459. The molecule has 5 nitrogen and oxygen atoms in total. The van der Waals surface area contributed by atoms with Crippen LogP contribution in [0.1, 0.15) is 24.6 Å². The zero-order chi connectivity index (χ0) is 13.7. The summed E-state index contributed by atoms with van der Waals surface area (Å²) in [7, 11) is 3.79. The summed E-state index contributed by atoms with van der Waals surface area (Å²) in [4.78, 5) is 4.52. The van der Waals surface area contributed by atoms with Gasteiger partial charge in [-0.15, -0.1) is 0 Å². The van der Waals surface area contributed by atoms with Crippen molar-refractivity contribution in [2.45, 2.75) is 26.3 Å². The summed E-state index contributed by atoms with van der Waals surface area (Å²) in [5.41, 5.74) is 2.24. The minimum absolute atomic E-state index is 0.629. The van der Waals surface area contributed by atoms with Crippen LogP contribution in [-0.4, -0.2) is 21.8 Å². The van der Waals surface area contributed by atoms with Crippen molar-refractivity contribution in [3.63, 3.8) is 0 Å². The summed E-state index contributed by atoms with van der Waals surface area (Å²) in [5, 5.41) is 7.23. The number of ether oxygens (including phenoxy) is 1. The molecule has 0 unspecified atom stereocenters. The second kappa shape index (κ2) is 6.33. The van der Waals surface area contributed by atoms with Gasteiger partial charge in [0.1, 0.15) is 0 Å². The summed E-state index contributed by atoms with van der Waals surface area (Å²) in [6.45, 7) is 2.96. The predicted octanol–water partition coefficient (Wildman–Crippen LogP) is 2.28. The molecule has 0 saturated heterocycles. The molecule has 0 saturated carbocycles. The fourth-order valence-corrected chi connectivity index (χ4v) is 1.94. The Bertz CT molecular complexity index is 512. The molecular weight excluding hydrogens is 240 g/mol. The number of hydrogen-bond acceptors (Lipinski definition) is 4. The van der Waals surface area contributed by atoms with E-state index < -0.39 is 0 Å². The van der Waals surface area contributed by atoms with E-state index in [-0.39, 0.29) is 0 Å². The average Bonchev–Trinajstić information content (AvgIpc) is 2.75. The predicted molar refractivity (Wildman–Crippen MR) is 74.3 cm³/mol. The van der Waals surface area contributed by atoms with Crippen LogP contribution in [0.3, 0.4) is 0 Å². The highest BCUT2D eigenvalue weighted by molar-refractivity contribution is 5.29. The van der Waals surface area contributed by atoms with Gasteiger partial charge in [0.25, 0.3) is 0 Å². The number of aromatic nitrogens is 3. The summed E-state index contributed by atoms with van der Waals surface area (Å²) in [6, 6.07) is 4.08. The molecule has 1 N–H and O–H groups in total. The summed E-state index contributed by atoms with van der Waals surface area (Å²) >= 11 is 0. The molecule has 0 radical (unpaired) electrons. The van der Waals surface area contributed by atoms with Gasteiger partial charge in [-0.3, -0.25) is 4.68 Å². The molecule has 2 aromatic heterocycles. The first kappa shape index (κ1) is 13.5. The summed E-state index contributed by atoms with van der Waals surface area (Å²) in [5.74, 6) is 1.34. The van der Waals surface area contributed by atoms with E-state index in [1.165, 1.54) is 5.56 Å². The number of nitrogens with one attached hydrogen (secondary N) is 1. The Hall–Kier alpha value is -1.88. The lowest BCUT2D eigenvalue weighted by Gasteiger charge is -2.08. The van der Waals surface area contributed by atoms with Crippen LogP contribution in [0.5, 0.6) is 11.6 Å². The molecule has 5 heteroatoms. The molecule has 0 aromatic carbocycles. The van der Waals surface area contributed by atoms with E-state index in [1.54, 1.807) is 10.9 Å². The van der Waals surface area contributed by atoms with Gasteiger partial charge in [0.2, 0.25) is 5.88 Å². The molecule has 0 atom stereocenters. The van der Waals surface area contributed by atoms with Crippen molar-refractivity contribution in [1.29, 1.82) is 0 Å². The maximum absolute atomic E-state index is 5.75. The molecule has 2 heterocycles. The second-order valence-electron chi connectivity index (χ2n) is 4.54. The number of nitrogens with zero attached hydrogens (tertiary/aromatic N) is 3. The van der Waals surface area contributed by atoms with Crippen LogP contribution in [0.2, 0.25) is 0 Å². The van der Waals surface area contributed by atoms with Crippen LogP contribution in [0.25, 0.3) is 0 Å². The third-order valence-corrected chi connectivity index (χ3v) is 2.71. The zero-order valence-electron chi connectivity index (χ0n) is 11.7. The van der Waals surface area contributed by atoms with E-state index in [2.05, 4.69) is 28.4 Å². The molecule has 0 spiro atoms. The van der Waals surface area contributed by atoms with E-state index in [0.29, 0.717) is 11.6 Å². The minimum Gasteiger partial charge on any atom is -0.436 e. The number of pyridine rings is 1. The van der Waals surface area contributed by atoms with Crippen molar-refractivity contribution in [2.75, 3.05) is 7.05 Å². The van der Waals surface area contributed by atoms with Gasteiger partial charge in [0.05, 0.1) is 12.4 Å². The van der Waals surface area contributed by atoms with Gasteiger partial charge in [-0.1, -0.05) is 13.3 Å².